The Kier molecular flexibility index (Phi) is 8.48. The van der Waals surface area contributed by atoms with Crippen LogP contribution in [0.2, 0.25) is 0 Å². The van der Waals surface area contributed by atoms with Crippen LogP contribution in [0.5, 0.6) is 0 Å². The maximum atomic E-state index is 13.5. The van der Waals surface area contributed by atoms with Gasteiger partial charge in [-0.05, 0) is 48.5 Å². The third-order valence-electron chi connectivity index (χ3n) is 5.60. The summed E-state index contributed by atoms with van der Waals surface area (Å²) in [5.74, 6) is 0. The first-order valence-electron chi connectivity index (χ1n) is 11.7. The van der Waals surface area contributed by atoms with Gasteiger partial charge in [-0.1, -0.05) is 72.8 Å². The molecule has 0 bridgehead atoms. The predicted octanol–water partition coefficient (Wildman–Crippen LogP) is 6.87. The van der Waals surface area contributed by atoms with Crippen LogP contribution in [0.25, 0.3) is 0 Å². The maximum absolute atomic E-state index is 13.5. The molecule has 0 aliphatic carbocycles. The van der Waals surface area contributed by atoms with Crippen molar-refractivity contribution in [3.8, 4) is 0 Å². The molecule has 4 rings (SSSR count). The van der Waals surface area contributed by atoms with Crippen molar-refractivity contribution in [3.63, 3.8) is 0 Å². The molecule has 0 spiro atoms. The Morgan fingerprint density at radius 3 is 0.895 bits per heavy atom. The molecule has 0 N–H and O–H groups in total. The quantitative estimate of drug-likeness (QED) is 0.182. The molecule has 0 aliphatic heterocycles. The Morgan fingerprint density at radius 1 is 0.447 bits per heavy atom. The predicted molar refractivity (Wildman–Crippen MR) is 146 cm³/mol. The van der Waals surface area contributed by atoms with Crippen LogP contribution in [0.15, 0.2) is 132 Å². The molecule has 10 nitrogen and oxygen atoms in total. The fraction of sp³-hybridized carbons (Fsp3) is 0.0714. The Morgan fingerprint density at radius 2 is 0.684 bits per heavy atom. The molecule has 0 atom stereocenters. The van der Waals surface area contributed by atoms with Gasteiger partial charge in [0.15, 0.2) is 0 Å². The van der Waals surface area contributed by atoms with E-state index < -0.39 is 12.1 Å². The highest BCUT2D eigenvalue weighted by Gasteiger charge is 2.29. The van der Waals surface area contributed by atoms with Crippen molar-refractivity contribution >= 4 is 34.8 Å². The molecule has 0 saturated carbocycles. The van der Waals surface area contributed by atoms with Gasteiger partial charge in [0.25, 0.3) is 0 Å². The summed E-state index contributed by atoms with van der Waals surface area (Å²) in [6.07, 6.45) is 0. The second-order valence-electron chi connectivity index (χ2n) is 7.99. The maximum Gasteiger partial charge on any atom is 0.352 e. The second-order valence-corrected chi connectivity index (χ2v) is 7.99. The van der Waals surface area contributed by atoms with Crippen molar-refractivity contribution in [2.75, 3.05) is 22.9 Å². The lowest BCUT2D eigenvalue weighted by Gasteiger charge is -2.28. The molecule has 0 radical (unpaired) electrons. The van der Waals surface area contributed by atoms with Crippen LogP contribution in [-0.2, 0) is 0 Å². The van der Waals surface area contributed by atoms with Crippen LogP contribution >= 0.6 is 0 Å². The van der Waals surface area contributed by atoms with Crippen LogP contribution in [0.3, 0.4) is 0 Å². The molecule has 190 valence electrons. The Hall–Kier alpha value is -5.38. The molecular weight excluding hydrogens is 484 g/mol. The first-order chi connectivity index (χ1) is 18.6. The van der Waals surface area contributed by atoms with Gasteiger partial charge in [0.1, 0.15) is 0 Å². The van der Waals surface area contributed by atoms with E-state index >= 15 is 0 Å². The number of amides is 4. The molecule has 0 aromatic heterocycles. The van der Waals surface area contributed by atoms with Gasteiger partial charge in [0.2, 0.25) is 0 Å². The van der Waals surface area contributed by atoms with Gasteiger partial charge >= 0.3 is 12.1 Å². The fourth-order valence-corrected chi connectivity index (χ4v) is 3.81. The summed E-state index contributed by atoms with van der Waals surface area (Å²) in [4.78, 5) is 53.1. The highest BCUT2D eigenvalue weighted by atomic mass is 16.3. The van der Waals surface area contributed by atoms with Crippen molar-refractivity contribution < 1.29 is 9.59 Å². The summed E-state index contributed by atoms with van der Waals surface area (Å²) >= 11 is 0. The highest BCUT2D eigenvalue weighted by molar-refractivity contribution is 6.00. The summed E-state index contributed by atoms with van der Waals surface area (Å²) in [7, 11) is 0. The molecular formula is C28H24N6O4. The number of hydrogen-bond donors (Lipinski definition) is 0. The molecule has 0 saturated heterocycles. The summed E-state index contributed by atoms with van der Waals surface area (Å²) in [6, 6.07) is 33.5. The third kappa shape index (κ3) is 5.88. The Labute approximate surface area is 219 Å². The van der Waals surface area contributed by atoms with Crippen LogP contribution in [-0.4, -0.2) is 35.2 Å². The van der Waals surface area contributed by atoms with E-state index in [-0.39, 0.29) is 13.1 Å². The summed E-state index contributed by atoms with van der Waals surface area (Å²) < 4.78 is 0. The van der Waals surface area contributed by atoms with E-state index in [1.807, 2.05) is 0 Å². The minimum Gasteiger partial charge on any atom is -0.261 e. The van der Waals surface area contributed by atoms with Crippen molar-refractivity contribution in [2.24, 2.45) is 10.6 Å². The molecule has 0 aliphatic rings. The first kappa shape index (κ1) is 25.7. The number of nitrogens with zero attached hydrogens (tertiary/aromatic N) is 6. The SMILES string of the molecule is O=NN(CCN(N=O)C(=O)N(c1ccccc1)c1ccccc1)C(=O)N(c1ccccc1)c1ccccc1. The largest absolute Gasteiger partial charge is 0.352 e. The molecule has 4 aromatic rings. The highest BCUT2D eigenvalue weighted by Crippen LogP contribution is 2.28. The minimum atomic E-state index is -0.751. The number of hydrogen-bond acceptors (Lipinski definition) is 6. The van der Waals surface area contributed by atoms with Crippen LogP contribution in [0, 0.1) is 9.81 Å². The van der Waals surface area contributed by atoms with Crippen molar-refractivity contribution in [1.29, 1.82) is 0 Å². The van der Waals surface area contributed by atoms with E-state index in [0.29, 0.717) is 32.8 Å². The van der Waals surface area contributed by atoms with Gasteiger partial charge in [-0.15, -0.1) is 9.81 Å². The monoisotopic (exact) mass is 508 g/mol. The van der Waals surface area contributed by atoms with Crippen LogP contribution in [0.1, 0.15) is 0 Å². The van der Waals surface area contributed by atoms with E-state index in [9.17, 15) is 19.4 Å². The fourth-order valence-electron chi connectivity index (χ4n) is 3.81. The molecule has 10 heteroatoms. The lowest BCUT2D eigenvalue weighted by Crippen LogP contribution is -2.44. The summed E-state index contributed by atoms with van der Waals surface area (Å²) in [5.41, 5.74) is 2.05. The number of carbonyl (C=O) groups is 2. The van der Waals surface area contributed by atoms with Crippen molar-refractivity contribution in [3.05, 3.63) is 131 Å². The van der Waals surface area contributed by atoms with E-state index in [4.69, 9.17) is 0 Å². The average molecular weight is 509 g/mol. The van der Waals surface area contributed by atoms with Gasteiger partial charge in [0, 0.05) is 0 Å². The van der Waals surface area contributed by atoms with Crippen molar-refractivity contribution in [1.82, 2.24) is 10.0 Å². The lowest BCUT2D eigenvalue weighted by atomic mass is 10.2. The zero-order valence-electron chi connectivity index (χ0n) is 20.3. The number of anilines is 4. The molecule has 0 fully saturated rings. The normalized spacial score (nSPS) is 10.2. The standard InChI is InChI=1S/C28H24N6O4/c35-27(33(23-13-5-1-6-14-23)24-15-7-2-8-16-24)31(29-37)21-22-32(30-38)28(36)34(25-17-9-3-10-18-25)26-19-11-4-12-20-26/h1-20H,21-22H2. The molecule has 0 unspecified atom stereocenters. The van der Waals surface area contributed by atoms with Gasteiger partial charge in [-0.2, -0.15) is 10.0 Å². The Bertz CT molecular complexity index is 1170. The zero-order valence-corrected chi connectivity index (χ0v) is 20.3. The third-order valence-corrected chi connectivity index (χ3v) is 5.60. The van der Waals surface area contributed by atoms with Gasteiger partial charge in [-0.25, -0.2) is 9.59 Å². The topological polar surface area (TPSA) is 106 Å². The second kappa shape index (κ2) is 12.5. The smallest absolute Gasteiger partial charge is 0.261 e. The Balaban J connectivity index is 1.56. The molecule has 0 heterocycles. The average Bonchev–Trinajstić information content (AvgIpc) is 2.98. The van der Waals surface area contributed by atoms with E-state index in [0.717, 1.165) is 0 Å². The van der Waals surface area contributed by atoms with Gasteiger partial charge in [0.05, 0.1) is 46.4 Å². The lowest BCUT2D eigenvalue weighted by molar-refractivity contribution is 0.186. The van der Waals surface area contributed by atoms with Crippen LogP contribution in [0.4, 0.5) is 32.3 Å². The number of benzene rings is 4. The minimum absolute atomic E-state index is 0.368. The first-order valence-corrected chi connectivity index (χ1v) is 11.7. The number of nitroso groups, excluding NO2 is 2. The number of carbonyl (C=O) groups excluding carboxylic acids is 2. The number of urea groups is 2. The number of rotatable bonds is 9. The zero-order chi connectivity index (χ0) is 26.7. The van der Waals surface area contributed by atoms with Crippen molar-refractivity contribution in [2.45, 2.75) is 0 Å². The summed E-state index contributed by atoms with van der Waals surface area (Å²) in [6.45, 7) is -0.735. The molecule has 4 aromatic carbocycles. The van der Waals surface area contributed by atoms with Crippen LogP contribution < -0.4 is 9.80 Å². The molecule has 38 heavy (non-hydrogen) atoms. The van der Waals surface area contributed by atoms with E-state index in [1.54, 1.807) is 121 Å². The van der Waals surface area contributed by atoms with E-state index in [2.05, 4.69) is 10.6 Å². The molecule has 4 amide bonds. The van der Waals surface area contributed by atoms with Gasteiger partial charge in [-0.3, -0.25) is 9.80 Å². The number of para-hydroxylation sites is 4. The van der Waals surface area contributed by atoms with E-state index in [1.165, 1.54) is 9.80 Å². The van der Waals surface area contributed by atoms with Gasteiger partial charge < -0.3 is 0 Å². The summed E-state index contributed by atoms with van der Waals surface area (Å²) in [5, 5.41) is 7.07.